The second-order valence-electron chi connectivity index (χ2n) is 6.28. The Kier molecular flexibility index (Phi) is 5.52. The molecule has 0 aromatic heterocycles. The van der Waals surface area contributed by atoms with Gasteiger partial charge in [-0.15, -0.1) is 0 Å². The molecule has 0 heterocycles. The van der Waals surface area contributed by atoms with E-state index >= 15 is 0 Å². The number of allylic oxidation sites excluding steroid dienone is 2. The molecule has 0 amide bonds. The van der Waals surface area contributed by atoms with Crippen molar-refractivity contribution in [3.05, 3.63) is 79.7 Å². The number of ketones is 1. The SMILES string of the molecule is CC1C/C(=C\c2ccc(Br)cc2)C(=O)/C(=C/c2ccc(Br)cc2)C1. The van der Waals surface area contributed by atoms with Crippen LogP contribution in [-0.4, -0.2) is 5.78 Å². The smallest absolute Gasteiger partial charge is 0.185 e. The molecule has 24 heavy (non-hydrogen) atoms. The molecule has 0 radical (unpaired) electrons. The summed E-state index contributed by atoms with van der Waals surface area (Å²) in [5, 5.41) is 0. The summed E-state index contributed by atoms with van der Waals surface area (Å²) in [6.07, 6.45) is 5.73. The molecular weight excluding hydrogens is 428 g/mol. The van der Waals surface area contributed by atoms with Crippen LogP contribution in [-0.2, 0) is 4.79 Å². The molecule has 2 aromatic rings. The van der Waals surface area contributed by atoms with E-state index in [1.165, 1.54) is 0 Å². The Hall–Kier alpha value is -1.45. The maximum atomic E-state index is 12.9. The van der Waals surface area contributed by atoms with E-state index in [2.05, 4.69) is 38.8 Å². The summed E-state index contributed by atoms with van der Waals surface area (Å²) in [4.78, 5) is 12.9. The Morgan fingerprint density at radius 1 is 0.792 bits per heavy atom. The van der Waals surface area contributed by atoms with E-state index in [0.29, 0.717) is 5.92 Å². The number of hydrogen-bond donors (Lipinski definition) is 0. The fraction of sp³-hybridized carbons (Fsp3) is 0.190. The van der Waals surface area contributed by atoms with Crippen LogP contribution in [0.1, 0.15) is 30.9 Å². The van der Waals surface area contributed by atoms with Crippen molar-refractivity contribution in [3.63, 3.8) is 0 Å². The molecule has 1 aliphatic rings. The first-order chi connectivity index (χ1) is 11.5. The molecule has 0 saturated heterocycles. The quantitative estimate of drug-likeness (QED) is 0.471. The first-order valence-corrected chi connectivity index (χ1v) is 9.57. The third-order valence-electron chi connectivity index (χ3n) is 4.14. The standard InChI is InChI=1S/C21H18Br2O/c1-14-10-17(12-15-2-6-19(22)7-3-15)21(24)18(11-14)13-16-4-8-20(23)9-5-16/h2-9,12-14H,10-11H2,1H3/b17-12+,18-13+. The Balaban J connectivity index is 1.90. The molecule has 2 aromatic carbocycles. The second-order valence-corrected chi connectivity index (χ2v) is 8.12. The van der Waals surface area contributed by atoms with Crippen molar-refractivity contribution in [3.8, 4) is 0 Å². The van der Waals surface area contributed by atoms with E-state index in [9.17, 15) is 4.79 Å². The highest BCUT2D eigenvalue weighted by atomic mass is 79.9. The van der Waals surface area contributed by atoms with Crippen molar-refractivity contribution >= 4 is 49.8 Å². The Bertz CT molecular complexity index is 731. The number of halogens is 2. The van der Waals surface area contributed by atoms with Gasteiger partial charge in [-0.3, -0.25) is 4.79 Å². The number of rotatable bonds is 2. The summed E-state index contributed by atoms with van der Waals surface area (Å²) in [6, 6.07) is 16.1. The molecule has 1 aliphatic carbocycles. The molecule has 122 valence electrons. The average Bonchev–Trinajstić information content (AvgIpc) is 2.56. The lowest BCUT2D eigenvalue weighted by molar-refractivity contribution is -0.113. The highest BCUT2D eigenvalue weighted by Gasteiger charge is 2.25. The molecule has 3 heteroatoms. The summed E-state index contributed by atoms with van der Waals surface area (Å²) in [5.74, 6) is 0.657. The summed E-state index contributed by atoms with van der Waals surface area (Å²) in [7, 11) is 0. The Labute approximate surface area is 159 Å². The molecule has 1 nitrogen and oxygen atoms in total. The molecular formula is C21H18Br2O. The average molecular weight is 446 g/mol. The first-order valence-electron chi connectivity index (χ1n) is 7.98. The highest BCUT2D eigenvalue weighted by molar-refractivity contribution is 9.10. The van der Waals surface area contributed by atoms with Crippen LogP contribution in [0.4, 0.5) is 0 Å². The van der Waals surface area contributed by atoms with Gasteiger partial charge in [0, 0.05) is 20.1 Å². The van der Waals surface area contributed by atoms with E-state index in [1.807, 2.05) is 60.7 Å². The van der Waals surface area contributed by atoms with Gasteiger partial charge in [0.1, 0.15) is 0 Å². The summed E-state index contributed by atoms with van der Waals surface area (Å²) < 4.78 is 2.09. The van der Waals surface area contributed by atoms with Gasteiger partial charge in [0.05, 0.1) is 0 Å². The minimum Gasteiger partial charge on any atom is -0.289 e. The zero-order chi connectivity index (χ0) is 17.1. The predicted molar refractivity (Wildman–Crippen MR) is 108 cm³/mol. The van der Waals surface area contributed by atoms with Crippen LogP contribution in [0.2, 0.25) is 0 Å². The third-order valence-corrected chi connectivity index (χ3v) is 5.20. The van der Waals surface area contributed by atoms with Crippen molar-refractivity contribution in [2.75, 3.05) is 0 Å². The minimum atomic E-state index is 0.180. The van der Waals surface area contributed by atoms with E-state index in [0.717, 1.165) is 44.1 Å². The number of benzene rings is 2. The zero-order valence-corrected chi connectivity index (χ0v) is 16.6. The van der Waals surface area contributed by atoms with Crippen LogP contribution in [0.5, 0.6) is 0 Å². The van der Waals surface area contributed by atoms with Gasteiger partial charge in [0.15, 0.2) is 5.78 Å². The maximum Gasteiger partial charge on any atom is 0.185 e. The second kappa shape index (κ2) is 7.62. The van der Waals surface area contributed by atoms with Gasteiger partial charge in [0.2, 0.25) is 0 Å². The number of carbonyl (C=O) groups excluding carboxylic acids is 1. The molecule has 0 N–H and O–H groups in total. The van der Waals surface area contributed by atoms with Crippen LogP contribution in [0.3, 0.4) is 0 Å². The molecule has 0 bridgehead atoms. The highest BCUT2D eigenvalue weighted by Crippen LogP contribution is 2.32. The van der Waals surface area contributed by atoms with Crippen LogP contribution < -0.4 is 0 Å². The van der Waals surface area contributed by atoms with Crippen molar-refractivity contribution in [1.82, 2.24) is 0 Å². The van der Waals surface area contributed by atoms with Crippen LogP contribution in [0.25, 0.3) is 12.2 Å². The van der Waals surface area contributed by atoms with E-state index in [1.54, 1.807) is 0 Å². The van der Waals surface area contributed by atoms with Gasteiger partial charge >= 0.3 is 0 Å². The molecule has 1 fully saturated rings. The number of hydrogen-bond acceptors (Lipinski definition) is 1. The minimum absolute atomic E-state index is 0.180. The van der Waals surface area contributed by atoms with E-state index in [4.69, 9.17) is 0 Å². The van der Waals surface area contributed by atoms with Crippen molar-refractivity contribution in [2.24, 2.45) is 5.92 Å². The molecule has 1 saturated carbocycles. The summed E-state index contributed by atoms with van der Waals surface area (Å²) in [6.45, 7) is 2.21. The van der Waals surface area contributed by atoms with Gasteiger partial charge in [-0.25, -0.2) is 0 Å². The molecule has 0 spiro atoms. The van der Waals surface area contributed by atoms with Gasteiger partial charge < -0.3 is 0 Å². The third kappa shape index (κ3) is 4.34. The topological polar surface area (TPSA) is 17.1 Å². The van der Waals surface area contributed by atoms with E-state index in [-0.39, 0.29) is 5.78 Å². The van der Waals surface area contributed by atoms with Gasteiger partial charge in [-0.05, 0) is 66.3 Å². The van der Waals surface area contributed by atoms with Crippen molar-refractivity contribution in [2.45, 2.75) is 19.8 Å². The summed E-state index contributed by atoms with van der Waals surface area (Å²) >= 11 is 6.89. The van der Waals surface area contributed by atoms with E-state index < -0.39 is 0 Å². The lowest BCUT2D eigenvalue weighted by Gasteiger charge is -2.22. The lowest BCUT2D eigenvalue weighted by Crippen LogP contribution is -2.18. The number of carbonyl (C=O) groups is 1. The molecule has 0 atom stereocenters. The normalized spacial score (nSPS) is 21.5. The van der Waals surface area contributed by atoms with Crippen molar-refractivity contribution < 1.29 is 4.79 Å². The maximum absolute atomic E-state index is 12.9. The zero-order valence-electron chi connectivity index (χ0n) is 13.4. The number of Topliss-reactive ketones (excluding diaryl/α,β-unsaturated/α-hetero) is 1. The fourth-order valence-corrected chi connectivity index (χ4v) is 3.51. The van der Waals surface area contributed by atoms with Gasteiger partial charge in [0.25, 0.3) is 0 Å². The monoisotopic (exact) mass is 444 g/mol. The molecule has 0 unspecified atom stereocenters. The molecule has 0 aliphatic heterocycles. The van der Waals surface area contributed by atoms with Gasteiger partial charge in [-0.2, -0.15) is 0 Å². The fourth-order valence-electron chi connectivity index (χ4n) is 2.98. The Morgan fingerprint density at radius 2 is 1.17 bits per heavy atom. The largest absolute Gasteiger partial charge is 0.289 e. The summed E-state index contributed by atoms with van der Waals surface area (Å²) in [5.41, 5.74) is 3.94. The first kappa shape index (κ1) is 17.4. The lowest BCUT2D eigenvalue weighted by atomic mass is 9.81. The Morgan fingerprint density at radius 3 is 1.54 bits per heavy atom. The van der Waals surface area contributed by atoms with Crippen LogP contribution in [0.15, 0.2) is 68.6 Å². The van der Waals surface area contributed by atoms with Crippen LogP contribution in [0, 0.1) is 5.92 Å². The van der Waals surface area contributed by atoms with Gasteiger partial charge in [-0.1, -0.05) is 63.0 Å². The molecule has 3 rings (SSSR count). The van der Waals surface area contributed by atoms with Crippen LogP contribution >= 0.6 is 31.9 Å². The van der Waals surface area contributed by atoms with Crippen molar-refractivity contribution in [1.29, 1.82) is 0 Å². The predicted octanol–water partition coefficient (Wildman–Crippen LogP) is 6.68.